The van der Waals surface area contributed by atoms with Crippen LogP contribution in [0.5, 0.6) is 0 Å². The van der Waals surface area contributed by atoms with E-state index in [4.69, 9.17) is 0 Å². The van der Waals surface area contributed by atoms with E-state index in [-0.39, 0.29) is 5.41 Å². The minimum absolute atomic E-state index is 0.0634. The molecule has 0 aliphatic carbocycles. The lowest BCUT2D eigenvalue weighted by atomic mass is 9.89. The molecule has 3 nitrogen and oxygen atoms in total. The Morgan fingerprint density at radius 2 is 1.36 bits per heavy atom. The zero-order chi connectivity index (χ0) is 15.6. The topological polar surface area (TPSA) is 38.7 Å². The number of benzene rings is 1. The molecule has 0 saturated carbocycles. The van der Waals surface area contributed by atoms with Crippen LogP contribution in [0.25, 0.3) is 22.6 Å². The molecular formula is C19H19N3. The Bertz CT molecular complexity index is 739. The van der Waals surface area contributed by atoms with Gasteiger partial charge in [-0.3, -0.25) is 4.98 Å². The van der Waals surface area contributed by atoms with Crippen molar-refractivity contribution in [3.63, 3.8) is 0 Å². The molecule has 0 aliphatic heterocycles. The normalized spacial score (nSPS) is 11.4. The van der Waals surface area contributed by atoms with Crippen molar-refractivity contribution in [3.8, 4) is 22.6 Å². The molecule has 0 fully saturated rings. The van der Waals surface area contributed by atoms with Crippen LogP contribution in [0.2, 0.25) is 0 Å². The second-order valence-corrected chi connectivity index (χ2v) is 6.34. The van der Waals surface area contributed by atoms with Crippen molar-refractivity contribution in [2.45, 2.75) is 26.2 Å². The molecule has 2 aromatic heterocycles. The fourth-order valence-electron chi connectivity index (χ4n) is 2.17. The van der Waals surface area contributed by atoms with Gasteiger partial charge in [0.05, 0.1) is 5.69 Å². The number of nitrogens with zero attached hydrogens (tertiary/aromatic N) is 3. The Labute approximate surface area is 131 Å². The average Bonchev–Trinajstić information content (AvgIpc) is 2.55. The molecule has 0 unspecified atom stereocenters. The second kappa shape index (κ2) is 5.68. The lowest BCUT2D eigenvalue weighted by Gasteiger charge is -2.17. The number of rotatable bonds is 2. The maximum Gasteiger partial charge on any atom is 0.160 e. The highest BCUT2D eigenvalue weighted by atomic mass is 14.9. The van der Waals surface area contributed by atoms with E-state index in [1.54, 1.807) is 0 Å². The van der Waals surface area contributed by atoms with Crippen LogP contribution in [-0.4, -0.2) is 15.0 Å². The smallest absolute Gasteiger partial charge is 0.160 e. The van der Waals surface area contributed by atoms with E-state index >= 15 is 0 Å². The Hall–Kier alpha value is -2.55. The second-order valence-electron chi connectivity index (χ2n) is 6.34. The zero-order valence-electron chi connectivity index (χ0n) is 13.1. The van der Waals surface area contributed by atoms with E-state index in [9.17, 15) is 0 Å². The Morgan fingerprint density at radius 1 is 0.682 bits per heavy atom. The summed E-state index contributed by atoms with van der Waals surface area (Å²) in [5, 5.41) is 0. The predicted octanol–water partition coefficient (Wildman–Crippen LogP) is 4.50. The first-order valence-electron chi connectivity index (χ1n) is 7.38. The van der Waals surface area contributed by atoms with Gasteiger partial charge in [-0.2, -0.15) is 0 Å². The van der Waals surface area contributed by atoms with Crippen LogP contribution in [0.4, 0.5) is 0 Å². The molecule has 0 saturated heterocycles. The average molecular weight is 289 g/mol. The van der Waals surface area contributed by atoms with Gasteiger partial charge in [0.25, 0.3) is 0 Å². The quantitative estimate of drug-likeness (QED) is 0.697. The van der Waals surface area contributed by atoms with Gasteiger partial charge in [0.2, 0.25) is 0 Å². The molecule has 110 valence electrons. The summed E-state index contributed by atoms with van der Waals surface area (Å²) in [7, 11) is 0. The summed E-state index contributed by atoms with van der Waals surface area (Å²) in [5.74, 6) is 0.708. The SMILES string of the molecule is CC(C)(C)c1cnc(-c2ccc(-c3ccccc3)nc2)nc1. The third kappa shape index (κ3) is 3.03. The van der Waals surface area contributed by atoms with Crippen molar-refractivity contribution >= 4 is 0 Å². The van der Waals surface area contributed by atoms with Crippen molar-refractivity contribution in [3.05, 3.63) is 66.6 Å². The van der Waals surface area contributed by atoms with Crippen molar-refractivity contribution in [2.75, 3.05) is 0 Å². The summed E-state index contributed by atoms with van der Waals surface area (Å²) in [6, 6.07) is 14.2. The van der Waals surface area contributed by atoms with Gasteiger partial charge in [-0.25, -0.2) is 9.97 Å². The van der Waals surface area contributed by atoms with Crippen molar-refractivity contribution in [1.29, 1.82) is 0 Å². The van der Waals surface area contributed by atoms with Crippen LogP contribution in [0.1, 0.15) is 26.3 Å². The number of hydrogen-bond donors (Lipinski definition) is 0. The van der Waals surface area contributed by atoms with E-state index in [0.717, 1.165) is 22.4 Å². The molecule has 0 atom stereocenters. The summed E-state index contributed by atoms with van der Waals surface area (Å²) < 4.78 is 0. The maximum absolute atomic E-state index is 4.52. The maximum atomic E-state index is 4.52. The largest absolute Gasteiger partial charge is 0.255 e. The zero-order valence-corrected chi connectivity index (χ0v) is 13.1. The van der Waals surface area contributed by atoms with Crippen LogP contribution in [0.3, 0.4) is 0 Å². The fraction of sp³-hybridized carbons (Fsp3) is 0.211. The lowest BCUT2D eigenvalue weighted by molar-refractivity contribution is 0.584. The third-order valence-corrected chi connectivity index (χ3v) is 3.61. The first-order valence-corrected chi connectivity index (χ1v) is 7.38. The van der Waals surface area contributed by atoms with Gasteiger partial charge in [0.15, 0.2) is 5.82 Å². The molecule has 22 heavy (non-hydrogen) atoms. The number of hydrogen-bond acceptors (Lipinski definition) is 3. The van der Waals surface area contributed by atoms with Gasteiger partial charge >= 0.3 is 0 Å². The molecule has 0 aliphatic rings. The number of pyridine rings is 1. The van der Waals surface area contributed by atoms with Crippen molar-refractivity contribution < 1.29 is 0 Å². The third-order valence-electron chi connectivity index (χ3n) is 3.61. The van der Waals surface area contributed by atoms with Gasteiger partial charge in [0, 0.05) is 29.7 Å². The molecular weight excluding hydrogens is 270 g/mol. The molecule has 0 bridgehead atoms. The van der Waals surface area contributed by atoms with Crippen molar-refractivity contribution in [1.82, 2.24) is 15.0 Å². The van der Waals surface area contributed by atoms with Crippen LogP contribution < -0.4 is 0 Å². The Morgan fingerprint density at radius 3 is 1.91 bits per heavy atom. The van der Waals surface area contributed by atoms with Crippen molar-refractivity contribution in [2.24, 2.45) is 0 Å². The first kappa shape index (κ1) is 14.4. The molecule has 3 rings (SSSR count). The van der Waals surface area contributed by atoms with Gasteiger partial charge in [-0.05, 0) is 23.1 Å². The minimum atomic E-state index is 0.0634. The standard InChI is InChI=1S/C19H19N3/c1-19(2,3)16-12-21-18(22-13-16)15-9-10-17(20-11-15)14-7-5-4-6-8-14/h4-13H,1-3H3. The van der Waals surface area contributed by atoms with Crippen LogP contribution in [0, 0.1) is 0 Å². The first-order chi connectivity index (χ1) is 10.5. The Balaban J connectivity index is 1.87. The summed E-state index contributed by atoms with van der Waals surface area (Å²) in [4.78, 5) is 13.4. The molecule has 0 amide bonds. The van der Waals surface area contributed by atoms with Gasteiger partial charge in [-0.1, -0.05) is 51.1 Å². The molecule has 3 heteroatoms. The predicted molar refractivity (Wildman–Crippen MR) is 89.4 cm³/mol. The monoisotopic (exact) mass is 289 g/mol. The van der Waals surface area contributed by atoms with Crippen LogP contribution in [-0.2, 0) is 5.41 Å². The fourth-order valence-corrected chi connectivity index (χ4v) is 2.17. The Kier molecular flexibility index (Phi) is 3.72. The highest BCUT2D eigenvalue weighted by Crippen LogP contribution is 2.23. The van der Waals surface area contributed by atoms with Gasteiger partial charge in [0.1, 0.15) is 0 Å². The van der Waals surface area contributed by atoms with E-state index < -0.39 is 0 Å². The highest BCUT2D eigenvalue weighted by molar-refractivity contribution is 5.62. The molecule has 1 aromatic carbocycles. The molecule has 0 spiro atoms. The number of aromatic nitrogens is 3. The van der Waals surface area contributed by atoms with Crippen LogP contribution >= 0.6 is 0 Å². The summed E-state index contributed by atoms with van der Waals surface area (Å²) in [5.41, 5.74) is 4.19. The minimum Gasteiger partial charge on any atom is -0.255 e. The molecule has 0 N–H and O–H groups in total. The van der Waals surface area contributed by atoms with E-state index in [2.05, 4.69) is 47.9 Å². The molecule has 2 heterocycles. The van der Waals surface area contributed by atoms with E-state index in [1.807, 2.05) is 48.9 Å². The summed E-state index contributed by atoms with van der Waals surface area (Å²) in [6.07, 6.45) is 5.62. The van der Waals surface area contributed by atoms with E-state index in [0.29, 0.717) is 5.82 Å². The van der Waals surface area contributed by atoms with Gasteiger partial charge in [-0.15, -0.1) is 0 Å². The van der Waals surface area contributed by atoms with E-state index in [1.165, 1.54) is 0 Å². The van der Waals surface area contributed by atoms with Crippen LogP contribution in [0.15, 0.2) is 61.1 Å². The summed E-state index contributed by atoms with van der Waals surface area (Å²) in [6.45, 7) is 6.46. The highest BCUT2D eigenvalue weighted by Gasteiger charge is 2.14. The molecule has 3 aromatic rings. The molecule has 0 radical (unpaired) electrons. The summed E-state index contributed by atoms with van der Waals surface area (Å²) >= 11 is 0. The lowest BCUT2D eigenvalue weighted by Crippen LogP contribution is -2.12. The van der Waals surface area contributed by atoms with Gasteiger partial charge < -0.3 is 0 Å².